The standard InChI is InChI=1S/C50H50BrClN6O5/c1-57-47(53)55-49(62-57)27-45(39-11-5-8-30-7-3-4-10-37(30)39)60-43-17-14-31(24-41(43)49)33-22-35(52)26-36(23-33)59-20-19-29-13-16-38-32(21-29)9-6-12-40(38)46-28-50(56-48(54)58(2)63-50)42-25-34(51)15-18-44(42)61-46/h3-4,7,10,13-18,21-26,39-40,45-46H,5-6,8-9,11-12,19-20,27-28H2,1-2H3,(H2,53,55)(H2,54,56). The fraction of sp³-hybridized carbons (Fsp3) is 0.360. The SMILES string of the molecule is CN1OC2(CC(C3CCCc4cc(CCOc5cc(Cl)cc(-c6ccc7c(c6)C6(CC(C8CCCc9ccccc98)O7)N=C(N)N(C)O6)c5)ccc43)Oc3ccc(Br)cc32)N=C1N. The summed E-state index contributed by atoms with van der Waals surface area (Å²) in [6.07, 6.45) is 7.96. The third kappa shape index (κ3) is 7.28. The molecule has 324 valence electrons. The minimum Gasteiger partial charge on any atom is -0.493 e. The molecule has 6 unspecified atom stereocenters. The molecule has 5 aromatic rings. The van der Waals surface area contributed by atoms with Crippen molar-refractivity contribution in [2.24, 2.45) is 21.5 Å². The highest BCUT2D eigenvalue weighted by Crippen LogP contribution is 2.53. The van der Waals surface area contributed by atoms with Crippen LogP contribution in [0.4, 0.5) is 0 Å². The lowest BCUT2D eigenvalue weighted by Crippen LogP contribution is -2.42. The molecule has 0 radical (unpaired) electrons. The Bertz CT molecular complexity index is 2700. The highest BCUT2D eigenvalue weighted by atomic mass is 79.9. The lowest BCUT2D eigenvalue weighted by Gasteiger charge is -2.41. The smallest absolute Gasteiger partial charge is 0.221 e. The predicted octanol–water partition coefficient (Wildman–Crippen LogP) is 9.62. The number of hydrogen-bond acceptors (Lipinski definition) is 11. The van der Waals surface area contributed by atoms with Crippen molar-refractivity contribution >= 4 is 39.4 Å². The Kier molecular flexibility index (Phi) is 10.1. The molecular weight excluding hydrogens is 880 g/mol. The second-order valence-corrected chi connectivity index (χ2v) is 19.1. The fourth-order valence-corrected chi connectivity index (χ4v) is 11.4. The van der Waals surface area contributed by atoms with Crippen molar-refractivity contribution in [3.8, 4) is 28.4 Å². The average molecular weight is 930 g/mol. The number of fused-ring (bicyclic) bond motifs is 6. The van der Waals surface area contributed by atoms with E-state index in [1.165, 1.54) is 27.8 Å². The number of hydroxylamine groups is 4. The Labute approximate surface area is 381 Å². The van der Waals surface area contributed by atoms with E-state index in [-0.39, 0.29) is 24.0 Å². The van der Waals surface area contributed by atoms with Gasteiger partial charge in [0.05, 0.1) is 17.7 Å². The molecule has 0 saturated heterocycles. The molecule has 2 aliphatic carbocycles. The number of benzene rings is 5. The molecule has 0 amide bonds. The third-order valence-corrected chi connectivity index (χ3v) is 14.5. The van der Waals surface area contributed by atoms with E-state index in [0.29, 0.717) is 42.1 Å². The van der Waals surface area contributed by atoms with Crippen molar-refractivity contribution in [3.63, 3.8) is 0 Å². The van der Waals surface area contributed by atoms with Crippen LogP contribution in [0.5, 0.6) is 17.2 Å². The summed E-state index contributed by atoms with van der Waals surface area (Å²) >= 11 is 10.4. The molecule has 5 aromatic carbocycles. The van der Waals surface area contributed by atoms with E-state index in [4.69, 9.17) is 56.9 Å². The van der Waals surface area contributed by atoms with E-state index in [1.54, 1.807) is 24.2 Å². The fourth-order valence-electron chi connectivity index (χ4n) is 10.9. The molecule has 13 heteroatoms. The number of ether oxygens (including phenoxy) is 3. The van der Waals surface area contributed by atoms with Crippen molar-refractivity contribution in [1.29, 1.82) is 0 Å². The largest absolute Gasteiger partial charge is 0.493 e. The Morgan fingerprint density at radius 2 is 1.35 bits per heavy atom. The molecule has 11 nitrogen and oxygen atoms in total. The van der Waals surface area contributed by atoms with Gasteiger partial charge in [-0.2, -0.15) is 0 Å². The van der Waals surface area contributed by atoms with Crippen molar-refractivity contribution in [2.75, 3.05) is 20.7 Å². The van der Waals surface area contributed by atoms with Gasteiger partial charge in [0.2, 0.25) is 23.4 Å². The van der Waals surface area contributed by atoms with Gasteiger partial charge in [0, 0.05) is 54.7 Å². The van der Waals surface area contributed by atoms with Crippen LogP contribution in [0, 0.1) is 0 Å². The molecule has 2 spiro atoms. The van der Waals surface area contributed by atoms with Crippen LogP contribution in [0.25, 0.3) is 11.1 Å². The molecule has 0 saturated carbocycles. The number of guanidine groups is 2. The van der Waals surface area contributed by atoms with Crippen molar-refractivity contribution in [3.05, 3.63) is 146 Å². The third-order valence-electron chi connectivity index (χ3n) is 13.8. The summed E-state index contributed by atoms with van der Waals surface area (Å²) in [6, 6.07) is 33.7. The average Bonchev–Trinajstić information content (AvgIpc) is 3.73. The van der Waals surface area contributed by atoms with Crippen molar-refractivity contribution in [2.45, 2.75) is 93.3 Å². The quantitative estimate of drug-likeness (QED) is 0.164. The Hall–Kier alpha value is -5.27. The molecule has 6 atom stereocenters. The lowest BCUT2D eigenvalue weighted by atomic mass is 9.75. The summed E-state index contributed by atoms with van der Waals surface area (Å²) in [7, 11) is 3.60. The molecule has 63 heavy (non-hydrogen) atoms. The molecule has 4 N–H and O–H groups in total. The second-order valence-electron chi connectivity index (χ2n) is 17.8. The Balaban J connectivity index is 0.803. The zero-order valence-corrected chi connectivity index (χ0v) is 37.7. The number of rotatable bonds is 7. The Morgan fingerprint density at radius 3 is 2.03 bits per heavy atom. The molecule has 4 aliphatic heterocycles. The van der Waals surface area contributed by atoms with Crippen LogP contribution in [-0.2, 0) is 40.4 Å². The van der Waals surface area contributed by atoms with E-state index in [1.807, 2.05) is 42.5 Å². The molecular formula is C50H50BrClN6O5. The van der Waals surface area contributed by atoms with Gasteiger partial charge in [-0.05, 0) is 126 Å². The van der Waals surface area contributed by atoms with E-state index in [0.717, 1.165) is 83.2 Å². The first-order chi connectivity index (χ1) is 30.5. The van der Waals surface area contributed by atoms with Crippen molar-refractivity contribution in [1.82, 2.24) is 10.1 Å². The summed E-state index contributed by atoms with van der Waals surface area (Å²) in [4.78, 5) is 22.7. The van der Waals surface area contributed by atoms with Crippen LogP contribution < -0.4 is 25.7 Å². The maximum Gasteiger partial charge on any atom is 0.221 e. The van der Waals surface area contributed by atoms with Gasteiger partial charge in [-0.3, -0.25) is 0 Å². The van der Waals surface area contributed by atoms with E-state index >= 15 is 0 Å². The zero-order valence-electron chi connectivity index (χ0n) is 35.4. The van der Waals surface area contributed by atoms with Gasteiger partial charge in [-0.25, -0.2) is 29.8 Å². The van der Waals surface area contributed by atoms with E-state index in [2.05, 4.69) is 70.5 Å². The Morgan fingerprint density at radius 1 is 0.714 bits per heavy atom. The monoisotopic (exact) mass is 928 g/mol. The first-order valence-electron chi connectivity index (χ1n) is 22.0. The molecule has 0 fully saturated rings. The van der Waals surface area contributed by atoms with Crippen molar-refractivity contribution < 1.29 is 23.9 Å². The summed E-state index contributed by atoms with van der Waals surface area (Å²) < 4.78 is 21.0. The van der Waals surface area contributed by atoms with E-state index in [9.17, 15) is 0 Å². The highest BCUT2D eigenvalue weighted by molar-refractivity contribution is 9.10. The van der Waals surface area contributed by atoms with Crippen LogP contribution in [0.1, 0.15) is 89.3 Å². The van der Waals surface area contributed by atoms with Gasteiger partial charge in [-0.1, -0.05) is 76.1 Å². The molecule has 0 bridgehead atoms. The minimum atomic E-state index is -1.01. The molecule has 11 rings (SSSR count). The van der Waals surface area contributed by atoms with Gasteiger partial charge in [0.25, 0.3) is 0 Å². The summed E-state index contributed by atoms with van der Waals surface area (Å²) in [6.45, 7) is 0.494. The summed E-state index contributed by atoms with van der Waals surface area (Å²) in [5, 5.41) is 3.71. The van der Waals surface area contributed by atoms with Gasteiger partial charge in [-0.15, -0.1) is 0 Å². The number of hydrogen-bond donors (Lipinski definition) is 2. The van der Waals surface area contributed by atoms with Crippen LogP contribution >= 0.6 is 27.5 Å². The van der Waals surface area contributed by atoms with Gasteiger partial charge in [0.1, 0.15) is 29.5 Å². The number of aryl methyl sites for hydroxylation is 2. The van der Waals surface area contributed by atoms with Gasteiger partial charge < -0.3 is 25.7 Å². The summed E-state index contributed by atoms with van der Waals surface area (Å²) in [5.74, 6) is 3.35. The normalized spacial score (nSPS) is 26.9. The number of nitrogens with zero attached hydrogens (tertiary/aromatic N) is 4. The predicted molar refractivity (Wildman–Crippen MR) is 247 cm³/mol. The molecule has 0 aromatic heterocycles. The highest BCUT2D eigenvalue weighted by Gasteiger charge is 2.52. The van der Waals surface area contributed by atoms with Crippen LogP contribution in [0.2, 0.25) is 5.02 Å². The van der Waals surface area contributed by atoms with Gasteiger partial charge in [0.15, 0.2) is 0 Å². The molecule has 6 aliphatic rings. The first-order valence-corrected chi connectivity index (χ1v) is 23.2. The van der Waals surface area contributed by atoms with Crippen LogP contribution in [0.3, 0.4) is 0 Å². The zero-order chi connectivity index (χ0) is 43.0. The summed E-state index contributed by atoms with van der Waals surface area (Å²) in [5.41, 5.74) is 21.0. The first kappa shape index (κ1) is 40.5. The maximum atomic E-state index is 6.85. The minimum absolute atomic E-state index is 0.125. The lowest BCUT2D eigenvalue weighted by molar-refractivity contribution is -0.192. The maximum absolute atomic E-state index is 6.85. The molecule has 4 heterocycles. The number of nitrogens with two attached hydrogens (primary N) is 2. The van der Waals surface area contributed by atoms with Crippen LogP contribution in [-0.4, -0.2) is 55.0 Å². The topological polar surface area (TPSA) is 129 Å². The number of aliphatic imine (C=N–C) groups is 2. The number of halogens is 2. The van der Waals surface area contributed by atoms with Gasteiger partial charge >= 0.3 is 0 Å². The van der Waals surface area contributed by atoms with Crippen LogP contribution in [0.15, 0.2) is 112 Å². The second kappa shape index (κ2) is 15.8. The van der Waals surface area contributed by atoms with E-state index < -0.39 is 11.4 Å².